The Kier molecular flexibility index (Phi) is 5.80. The Hall–Kier alpha value is -3.15. The predicted octanol–water partition coefficient (Wildman–Crippen LogP) is 5.42. The second-order valence-electron chi connectivity index (χ2n) is 6.46. The molecule has 0 saturated heterocycles. The van der Waals surface area contributed by atoms with Crippen molar-refractivity contribution in [3.8, 4) is 0 Å². The molecule has 0 radical (unpaired) electrons. The molecule has 1 aromatic heterocycles. The summed E-state index contributed by atoms with van der Waals surface area (Å²) in [6.45, 7) is 0. The van der Waals surface area contributed by atoms with Crippen molar-refractivity contribution in [1.82, 2.24) is 4.98 Å². The number of hydrogen-bond acceptors (Lipinski definition) is 5. The van der Waals surface area contributed by atoms with Gasteiger partial charge in [0.15, 0.2) is 16.8 Å². The summed E-state index contributed by atoms with van der Waals surface area (Å²) in [5.41, 5.74) is 0.146. The Bertz CT molecular complexity index is 1420. The average molecular weight is 498 g/mol. The normalized spacial score (nSPS) is 11.5. The number of halogens is 4. The SMILES string of the molecule is O=C(Nc1nc2cc(F)c(F)cc2s1)c1ccc(Cl)c(NS(=O)(=O)c2ccc(F)cc2)c1. The fourth-order valence-electron chi connectivity index (χ4n) is 2.71. The molecule has 0 saturated carbocycles. The van der Waals surface area contributed by atoms with Gasteiger partial charge in [-0.15, -0.1) is 0 Å². The lowest BCUT2D eigenvalue weighted by molar-refractivity contribution is 0.102. The molecule has 4 aromatic rings. The van der Waals surface area contributed by atoms with Gasteiger partial charge in [-0.25, -0.2) is 26.6 Å². The molecule has 0 fully saturated rings. The standard InChI is InChI=1S/C20H11ClF3N3O3S2/c21-13-6-1-10(7-16(13)27-32(29,30)12-4-2-11(22)3-5-12)19(28)26-20-25-17-8-14(23)15(24)9-18(17)31-20/h1-9,27H,(H,25,26,28). The molecule has 0 spiro atoms. The van der Waals surface area contributed by atoms with E-state index < -0.39 is 33.4 Å². The molecule has 3 aromatic carbocycles. The summed E-state index contributed by atoms with van der Waals surface area (Å²) in [6, 6.07) is 9.95. The van der Waals surface area contributed by atoms with Gasteiger partial charge in [0.25, 0.3) is 15.9 Å². The third kappa shape index (κ3) is 4.54. The van der Waals surface area contributed by atoms with E-state index in [2.05, 4.69) is 15.0 Å². The van der Waals surface area contributed by atoms with Crippen LogP contribution in [0.15, 0.2) is 59.5 Å². The van der Waals surface area contributed by atoms with Gasteiger partial charge in [-0.2, -0.15) is 0 Å². The van der Waals surface area contributed by atoms with Gasteiger partial charge in [-0.1, -0.05) is 22.9 Å². The monoisotopic (exact) mass is 497 g/mol. The van der Waals surface area contributed by atoms with E-state index in [-0.39, 0.29) is 31.8 Å². The number of thiazole rings is 1. The van der Waals surface area contributed by atoms with Gasteiger partial charge < -0.3 is 0 Å². The van der Waals surface area contributed by atoms with E-state index in [1.54, 1.807) is 0 Å². The minimum Gasteiger partial charge on any atom is -0.298 e. The molecule has 32 heavy (non-hydrogen) atoms. The number of fused-ring (bicyclic) bond motifs is 1. The summed E-state index contributed by atoms with van der Waals surface area (Å²) in [6.07, 6.45) is 0. The van der Waals surface area contributed by atoms with Crippen LogP contribution in [0.2, 0.25) is 5.02 Å². The summed E-state index contributed by atoms with van der Waals surface area (Å²) in [7, 11) is -4.09. The molecular weight excluding hydrogens is 487 g/mol. The maximum Gasteiger partial charge on any atom is 0.261 e. The summed E-state index contributed by atoms with van der Waals surface area (Å²) in [5.74, 6) is -3.34. The van der Waals surface area contributed by atoms with Crippen molar-refractivity contribution in [2.45, 2.75) is 4.90 Å². The molecular formula is C20H11ClF3N3O3S2. The van der Waals surface area contributed by atoms with Gasteiger partial charge >= 0.3 is 0 Å². The van der Waals surface area contributed by atoms with E-state index in [4.69, 9.17) is 11.6 Å². The number of benzene rings is 3. The number of carbonyl (C=O) groups is 1. The third-order valence-corrected chi connectivity index (χ3v) is 6.89. The van der Waals surface area contributed by atoms with E-state index in [0.29, 0.717) is 4.70 Å². The van der Waals surface area contributed by atoms with Crippen molar-refractivity contribution >= 4 is 59.9 Å². The van der Waals surface area contributed by atoms with Crippen LogP contribution in [-0.4, -0.2) is 19.3 Å². The van der Waals surface area contributed by atoms with E-state index in [9.17, 15) is 26.4 Å². The zero-order valence-electron chi connectivity index (χ0n) is 15.7. The molecule has 164 valence electrons. The average Bonchev–Trinajstić information content (AvgIpc) is 3.10. The predicted molar refractivity (Wildman–Crippen MR) is 116 cm³/mol. The highest BCUT2D eigenvalue weighted by atomic mass is 35.5. The molecule has 2 N–H and O–H groups in total. The van der Waals surface area contributed by atoms with Crippen molar-refractivity contribution in [3.05, 3.63) is 82.6 Å². The number of rotatable bonds is 5. The highest BCUT2D eigenvalue weighted by Crippen LogP contribution is 2.29. The first-order valence-electron chi connectivity index (χ1n) is 8.77. The molecule has 0 aliphatic heterocycles. The summed E-state index contributed by atoms with van der Waals surface area (Å²) in [5, 5.41) is 2.62. The molecule has 6 nitrogen and oxygen atoms in total. The van der Waals surface area contributed by atoms with E-state index in [1.807, 2.05) is 0 Å². The van der Waals surface area contributed by atoms with Gasteiger partial charge in [0.1, 0.15) is 5.82 Å². The Morgan fingerprint density at radius 2 is 1.66 bits per heavy atom. The molecule has 0 aliphatic carbocycles. The Morgan fingerprint density at radius 3 is 2.38 bits per heavy atom. The van der Waals surface area contributed by atoms with Gasteiger partial charge in [0, 0.05) is 11.6 Å². The minimum atomic E-state index is -4.09. The van der Waals surface area contributed by atoms with Crippen molar-refractivity contribution < 1.29 is 26.4 Å². The molecule has 0 unspecified atom stereocenters. The number of carbonyl (C=O) groups excluding carboxylic acids is 1. The number of nitrogens with one attached hydrogen (secondary N) is 2. The van der Waals surface area contributed by atoms with Crippen molar-refractivity contribution in [2.24, 2.45) is 0 Å². The largest absolute Gasteiger partial charge is 0.298 e. The van der Waals surface area contributed by atoms with Crippen LogP contribution < -0.4 is 10.0 Å². The Morgan fingerprint density at radius 1 is 0.969 bits per heavy atom. The van der Waals surface area contributed by atoms with Crippen LogP contribution in [0.5, 0.6) is 0 Å². The number of aromatic nitrogens is 1. The lowest BCUT2D eigenvalue weighted by Crippen LogP contribution is -2.15. The maximum absolute atomic E-state index is 13.4. The second kappa shape index (κ2) is 8.41. The summed E-state index contributed by atoms with van der Waals surface area (Å²) in [4.78, 5) is 16.4. The quantitative estimate of drug-likeness (QED) is 0.385. The minimum absolute atomic E-state index is 0.0261. The first-order valence-corrected chi connectivity index (χ1v) is 11.4. The fourth-order valence-corrected chi connectivity index (χ4v) is 4.87. The molecule has 0 aliphatic rings. The zero-order chi connectivity index (χ0) is 23.0. The van der Waals surface area contributed by atoms with Gasteiger partial charge in [-0.05, 0) is 48.5 Å². The van der Waals surface area contributed by atoms with Crippen molar-refractivity contribution in [3.63, 3.8) is 0 Å². The second-order valence-corrected chi connectivity index (χ2v) is 9.58. The number of nitrogens with zero attached hydrogens (tertiary/aromatic N) is 1. The number of sulfonamides is 1. The maximum atomic E-state index is 13.4. The lowest BCUT2D eigenvalue weighted by Gasteiger charge is -2.11. The number of hydrogen-bond donors (Lipinski definition) is 2. The Balaban J connectivity index is 1.58. The van der Waals surface area contributed by atoms with E-state index in [0.717, 1.165) is 47.7 Å². The van der Waals surface area contributed by atoms with Crippen LogP contribution in [0.25, 0.3) is 10.2 Å². The van der Waals surface area contributed by atoms with Crippen molar-refractivity contribution in [2.75, 3.05) is 10.0 Å². The Labute approximate surface area is 188 Å². The van der Waals surface area contributed by atoms with Crippen LogP contribution in [0.3, 0.4) is 0 Å². The first kappa shape index (κ1) is 22.1. The zero-order valence-corrected chi connectivity index (χ0v) is 18.1. The molecule has 1 heterocycles. The summed E-state index contributed by atoms with van der Waals surface area (Å²) >= 11 is 7.00. The molecule has 0 atom stereocenters. The van der Waals surface area contributed by atoms with Crippen LogP contribution in [-0.2, 0) is 10.0 Å². The first-order chi connectivity index (χ1) is 15.1. The molecule has 0 bridgehead atoms. The van der Waals surface area contributed by atoms with Crippen LogP contribution >= 0.6 is 22.9 Å². The topological polar surface area (TPSA) is 88.2 Å². The van der Waals surface area contributed by atoms with Crippen LogP contribution in [0, 0.1) is 17.5 Å². The van der Waals surface area contributed by atoms with E-state index >= 15 is 0 Å². The highest BCUT2D eigenvalue weighted by molar-refractivity contribution is 7.92. The smallest absolute Gasteiger partial charge is 0.261 e. The van der Waals surface area contributed by atoms with Crippen molar-refractivity contribution in [1.29, 1.82) is 0 Å². The van der Waals surface area contributed by atoms with Crippen LogP contribution in [0.1, 0.15) is 10.4 Å². The highest BCUT2D eigenvalue weighted by Gasteiger charge is 2.18. The van der Waals surface area contributed by atoms with Crippen LogP contribution in [0.4, 0.5) is 24.0 Å². The van der Waals surface area contributed by atoms with Gasteiger partial charge in [-0.3, -0.25) is 14.8 Å². The fraction of sp³-hybridized carbons (Fsp3) is 0. The van der Waals surface area contributed by atoms with E-state index in [1.165, 1.54) is 18.2 Å². The third-order valence-electron chi connectivity index (χ3n) is 4.25. The molecule has 4 rings (SSSR count). The lowest BCUT2D eigenvalue weighted by atomic mass is 10.2. The summed E-state index contributed by atoms with van der Waals surface area (Å²) < 4.78 is 67.5. The molecule has 12 heteroatoms. The number of anilines is 2. The molecule has 1 amide bonds. The number of amides is 1. The van der Waals surface area contributed by atoms with Gasteiger partial charge in [0.05, 0.1) is 25.8 Å². The van der Waals surface area contributed by atoms with Gasteiger partial charge in [0.2, 0.25) is 0 Å².